The van der Waals surface area contributed by atoms with Crippen molar-refractivity contribution in [2.45, 2.75) is 0 Å². The van der Waals surface area contributed by atoms with Crippen LogP contribution in [0.3, 0.4) is 0 Å². The van der Waals surface area contributed by atoms with E-state index in [2.05, 4.69) is 10.3 Å². The Morgan fingerprint density at radius 3 is 2.46 bits per heavy atom. The predicted octanol–water partition coefficient (Wildman–Crippen LogP) is 4.73. The van der Waals surface area contributed by atoms with Gasteiger partial charge in [0.05, 0.1) is 17.2 Å². The highest BCUT2D eigenvalue weighted by atomic mass is 16.3. The summed E-state index contributed by atoms with van der Waals surface area (Å²) in [6.07, 6.45) is 1.58. The largest absolute Gasteiger partial charge is 0.505 e. The van der Waals surface area contributed by atoms with Crippen LogP contribution < -0.4 is 5.32 Å². The number of nitrogens with zero attached hydrogens (tertiary/aromatic N) is 2. The lowest BCUT2D eigenvalue weighted by atomic mass is 9.96. The molecule has 4 aromatic rings. The van der Waals surface area contributed by atoms with Crippen molar-refractivity contribution in [3.8, 4) is 22.9 Å². The predicted molar refractivity (Wildman–Crippen MR) is 108 cm³/mol. The molecule has 0 aliphatic heterocycles. The quantitative estimate of drug-likeness (QED) is 0.549. The smallest absolute Gasteiger partial charge is 0.259 e. The molecule has 2 N–H and O–H groups in total. The Hall–Kier alpha value is -4.17. The van der Waals surface area contributed by atoms with Crippen molar-refractivity contribution < 1.29 is 9.90 Å². The van der Waals surface area contributed by atoms with Gasteiger partial charge in [-0.3, -0.25) is 9.78 Å². The molecule has 0 spiro atoms. The highest BCUT2D eigenvalue weighted by molar-refractivity contribution is 6.12. The first-order chi connectivity index (χ1) is 13.7. The fraction of sp³-hybridized carbons (Fsp3) is 0. The van der Waals surface area contributed by atoms with Gasteiger partial charge in [-0.05, 0) is 47.5 Å². The molecule has 1 amide bonds. The van der Waals surface area contributed by atoms with E-state index in [-0.39, 0.29) is 11.3 Å². The van der Waals surface area contributed by atoms with Gasteiger partial charge in [0, 0.05) is 17.3 Å². The minimum atomic E-state index is -0.452. The van der Waals surface area contributed by atoms with Gasteiger partial charge in [0.25, 0.3) is 5.91 Å². The molecule has 0 aliphatic carbocycles. The van der Waals surface area contributed by atoms with Gasteiger partial charge in [-0.25, -0.2) is 0 Å². The maximum absolute atomic E-state index is 12.9. The van der Waals surface area contributed by atoms with Crippen molar-refractivity contribution in [2.24, 2.45) is 0 Å². The molecule has 0 fully saturated rings. The monoisotopic (exact) mass is 365 g/mol. The minimum absolute atomic E-state index is 0.134. The Balaban J connectivity index is 1.81. The highest BCUT2D eigenvalue weighted by Crippen LogP contribution is 2.36. The Labute approximate surface area is 161 Å². The molecule has 0 radical (unpaired) electrons. The summed E-state index contributed by atoms with van der Waals surface area (Å²) in [4.78, 5) is 17.1. The van der Waals surface area contributed by atoms with Crippen LogP contribution in [0.2, 0.25) is 0 Å². The summed E-state index contributed by atoms with van der Waals surface area (Å²) in [5.74, 6) is -0.617. The molecule has 28 heavy (non-hydrogen) atoms. The maximum atomic E-state index is 12.9. The van der Waals surface area contributed by atoms with E-state index in [1.807, 2.05) is 42.5 Å². The first-order valence-electron chi connectivity index (χ1n) is 8.65. The number of rotatable bonds is 3. The van der Waals surface area contributed by atoms with Gasteiger partial charge in [0.1, 0.15) is 5.52 Å². The van der Waals surface area contributed by atoms with Crippen LogP contribution in [-0.4, -0.2) is 16.0 Å². The number of aromatic hydroxyl groups is 1. The molecule has 0 saturated heterocycles. The zero-order valence-electron chi connectivity index (χ0n) is 14.8. The maximum Gasteiger partial charge on any atom is 0.259 e. The SMILES string of the molecule is N#Cc1ccc(NC(=O)c2cc(-c3ccccc3)c3cccnc3c2O)cc1. The number of phenolic OH excluding ortho intramolecular Hbond substituents is 1. The van der Waals surface area contributed by atoms with Crippen molar-refractivity contribution in [3.05, 3.63) is 90.1 Å². The molecule has 0 saturated carbocycles. The number of aromatic nitrogens is 1. The lowest BCUT2D eigenvalue weighted by molar-refractivity contribution is 0.102. The van der Waals surface area contributed by atoms with Gasteiger partial charge in [-0.2, -0.15) is 5.26 Å². The molecule has 0 atom stereocenters. The third-order valence-electron chi connectivity index (χ3n) is 4.47. The standard InChI is InChI=1S/C23H15N3O2/c24-14-15-8-10-17(11-9-15)26-23(28)20-13-19(16-5-2-1-3-6-16)18-7-4-12-25-21(18)22(20)27/h1-13,27H,(H,26,28). The second-order valence-electron chi connectivity index (χ2n) is 6.23. The molecular weight excluding hydrogens is 350 g/mol. The molecule has 0 aliphatic rings. The molecule has 1 heterocycles. The summed E-state index contributed by atoms with van der Waals surface area (Å²) >= 11 is 0. The van der Waals surface area contributed by atoms with Gasteiger partial charge >= 0.3 is 0 Å². The molecule has 4 rings (SSSR count). The summed E-state index contributed by atoms with van der Waals surface area (Å²) in [7, 11) is 0. The van der Waals surface area contributed by atoms with Crippen molar-refractivity contribution in [1.82, 2.24) is 4.98 Å². The van der Waals surface area contributed by atoms with Gasteiger partial charge in [0.2, 0.25) is 0 Å². The number of amides is 1. The number of fused-ring (bicyclic) bond motifs is 1. The molecule has 5 heteroatoms. The molecule has 5 nitrogen and oxygen atoms in total. The van der Waals surface area contributed by atoms with Crippen LogP contribution in [0.25, 0.3) is 22.0 Å². The zero-order valence-corrected chi connectivity index (χ0v) is 14.8. The first kappa shape index (κ1) is 17.3. The Morgan fingerprint density at radius 1 is 1.00 bits per heavy atom. The number of nitrogens with one attached hydrogen (secondary N) is 1. The summed E-state index contributed by atoms with van der Waals surface area (Å²) in [5, 5.41) is 23.1. The normalized spacial score (nSPS) is 10.4. The van der Waals surface area contributed by atoms with E-state index in [1.165, 1.54) is 0 Å². The van der Waals surface area contributed by atoms with Crippen LogP contribution in [0.1, 0.15) is 15.9 Å². The fourth-order valence-corrected chi connectivity index (χ4v) is 3.09. The second kappa shape index (κ2) is 7.22. The third-order valence-corrected chi connectivity index (χ3v) is 4.47. The fourth-order valence-electron chi connectivity index (χ4n) is 3.09. The van der Waals surface area contributed by atoms with Gasteiger partial charge in [-0.1, -0.05) is 36.4 Å². The molecule has 1 aromatic heterocycles. The topological polar surface area (TPSA) is 86.0 Å². The van der Waals surface area contributed by atoms with Gasteiger partial charge in [-0.15, -0.1) is 0 Å². The number of nitriles is 1. The van der Waals surface area contributed by atoms with Crippen LogP contribution in [0.5, 0.6) is 5.75 Å². The summed E-state index contributed by atoms with van der Waals surface area (Å²) in [6.45, 7) is 0. The van der Waals surface area contributed by atoms with Crippen molar-refractivity contribution in [1.29, 1.82) is 5.26 Å². The number of hydrogen-bond donors (Lipinski definition) is 2. The van der Waals surface area contributed by atoms with Crippen molar-refractivity contribution >= 4 is 22.5 Å². The van der Waals surface area contributed by atoms with E-state index in [0.29, 0.717) is 16.8 Å². The van der Waals surface area contributed by atoms with Crippen LogP contribution in [0, 0.1) is 11.3 Å². The Kier molecular flexibility index (Phi) is 4.45. The van der Waals surface area contributed by atoms with E-state index in [1.54, 1.807) is 42.6 Å². The van der Waals surface area contributed by atoms with Gasteiger partial charge < -0.3 is 10.4 Å². The number of benzene rings is 3. The number of hydrogen-bond acceptors (Lipinski definition) is 4. The highest BCUT2D eigenvalue weighted by Gasteiger charge is 2.19. The summed E-state index contributed by atoms with van der Waals surface area (Å²) in [6, 6.07) is 23.5. The lowest BCUT2D eigenvalue weighted by Gasteiger charge is -2.13. The number of pyridine rings is 1. The molecule has 134 valence electrons. The van der Waals surface area contributed by atoms with Crippen LogP contribution in [0.15, 0.2) is 79.0 Å². The molecule has 3 aromatic carbocycles. The van der Waals surface area contributed by atoms with E-state index in [0.717, 1.165) is 16.5 Å². The first-order valence-corrected chi connectivity index (χ1v) is 8.65. The number of carbonyl (C=O) groups is 1. The van der Waals surface area contributed by atoms with E-state index in [4.69, 9.17) is 5.26 Å². The third kappa shape index (κ3) is 3.15. The van der Waals surface area contributed by atoms with Gasteiger partial charge in [0.15, 0.2) is 5.75 Å². The van der Waals surface area contributed by atoms with Crippen LogP contribution >= 0.6 is 0 Å². The lowest BCUT2D eigenvalue weighted by Crippen LogP contribution is -2.12. The minimum Gasteiger partial charge on any atom is -0.505 e. The molecular formula is C23H15N3O2. The summed E-state index contributed by atoms with van der Waals surface area (Å²) < 4.78 is 0. The number of carbonyl (C=O) groups excluding carboxylic acids is 1. The van der Waals surface area contributed by atoms with Crippen LogP contribution in [-0.2, 0) is 0 Å². The average molecular weight is 365 g/mol. The molecule has 0 unspecified atom stereocenters. The van der Waals surface area contributed by atoms with E-state index < -0.39 is 5.91 Å². The molecule has 0 bridgehead atoms. The average Bonchev–Trinajstić information content (AvgIpc) is 2.75. The second-order valence-corrected chi connectivity index (χ2v) is 6.23. The van der Waals surface area contributed by atoms with Crippen molar-refractivity contribution in [3.63, 3.8) is 0 Å². The van der Waals surface area contributed by atoms with E-state index in [9.17, 15) is 9.90 Å². The zero-order chi connectivity index (χ0) is 19.5. The number of phenols is 1. The van der Waals surface area contributed by atoms with Crippen molar-refractivity contribution in [2.75, 3.05) is 5.32 Å². The summed E-state index contributed by atoms with van der Waals surface area (Å²) in [5.41, 5.74) is 3.27. The van der Waals surface area contributed by atoms with E-state index >= 15 is 0 Å². The van der Waals surface area contributed by atoms with Crippen LogP contribution in [0.4, 0.5) is 5.69 Å². The Bertz CT molecular complexity index is 1210. The Morgan fingerprint density at radius 2 is 1.75 bits per heavy atom. The number of anilines is 1.